The van der Waals surface area contributed by atoms with Crippen LogP contribution in [-0.2, 0) is 0 Å². The van der Waals surface area contributed by atoms with E-state index in [1.165, 1.54) is 0 Å². The second-order valence-corrected chi connectivity index (χ2v) is 5.50. The van der Waals surface area contributed by atoms with Crippen molar-refractivity contribution in [3.63, 3.8) is 0 Å². The monoisotopic (exact) mass is 427 g/mol. The Morgan fingerprint density at radius 2 is 1.64 bits per heavy atom. The number of ether oxygens (including phenoxy) is 2. The molecule has 0 radical (unpaired) electrons. The number of hydrogen-bond donors (Lipinski definition) is 0. The van der Waals surface area contributed by atoms with Crippen LogP contribution >= 0.6 is 27.5 Å². The van der Waals surface area contributed by atoms with Crippen molar-refractivity contribution >= 4 is 33.2 Å². The summed E-state index contributed by atoms with van der Waals surface area (Å²) in [6.07, 6.45) is 1.66. The Morgan fingerprint density at radius 1 is 1.00 bits per heavy atom. The van der Waals surface area contributed by atoms with E-state index < -0.39 is 0 Å². The highest BCUT2D eigenvalue weighted by Crippen LogP contribution is 2.33. The first-order chi connectivity index (χ1) is 12.1. The van der Waals surface area contributed by atoms with Gasteiger partial charge in [0.05, 0.1) is 30.6 Å². The highest BCUT2D eigenvalue weighted by molar-refractivity contribution is 9.10. The van der Waals surface area contributed by atoms with Crippen molar-refractivity contribution in [3.05, 3.63) is 40.1 Å². The maximum atomic E-state index is 6.24. The maximum Gasteiger partial charge on any atom is 0.171 e. The van der Waals surface area contributed by atoms with Crippen LogP contribution in [0.15, 0.2) is 34.9 Å². The molecule has 7 heteroatoms. The molecule has 0 spiro atoms. The number of benzene rings is 1. The van der Waals surface area contributed by atoms with Crippen LogP contribution in [0.25, 0.3) is 16.9 Å². The van der Waals surface area contributed by atoms with E-state index in [9.17, 15) is 0 Å². The molecule has 25 heavy (non-hydrogen) atoms. The molecule has 5 nitrogen and oxygen atoms in total. The van der Waals surface area contributed by atoms with E-state index in [1.807, 2.05) is 45.9 Å². The molecule has 0 atom stereocenters. The summed E-state index contributed by atoms with van der Waals surface area (Å²) >= 11 is 9.65. The molecule has 0 saturated carbocycles. The fourth-order valence-electron chi connectivity index (χ4n) is 2.04. The fourth-order valence-corrected chi connectivity index (χ4v) is 2.62. The van der Waals surface area contributed by atoms with Gasteiger partial charge in [-0.05, 0) is 34.1 Å². The molecule has 0 bridgehead atoms. The van der Waals surface area contributed by atoms with Gasteiger partial charge in [-0.1, -0.05) is 39.3 Å². The van der Waals surface area contributed by atoms with Gasteiger partial charge in [0.1, 0.15) is 5.15 Å². The molecule has 0 unspecified atom stereocenters. The molecule has 0 amide bonds. The van der Waals surface area contributed by atoms with E-state index >= 15 is 0 Å². The van der Waals surface area contributed by atoms with Gasteiger partial charge in [0.15, 0.2) is 17.1 Å². The van der Waals surface area contributed by atoms with E-state index in [4.69, 9.17) is 21.1 Å². The van der Waals surface area contributed by atoms with Gasteiger partial charge in [0.25, 0.3) is 0 Å². The molecule has 2 heterocycles. The highest BCUT2D eigenvalue weighted by Gasteiger charge is 2.12. The predicted octanol–water partition coefficient (Wildman–Crippen LogP) is 5.88. The number of rotatable bonds is 3. The van der Waals surface area contributed by atoms with E-state index in [2.05, 4.69) is 26.0 Å². The minimum absolute atomic E-state index is 0.482. The topological polar surface area (TPSA) is 48.7 Å². The third-order valence-corrected chi connectivity index (χ3v) is 3.89. The zero-order valence-electron chi connectivity index (χ0n) is 15.3. The SMILES string of the molecule is CC.CC.COc1ccc(-c2cc(Cl)n3ncc(Br)c3n2)cc1OC. The molecule has 0 aliphatic heterocycles. The van der Waals surface area contributed by atoms with Crippen LogP contribution < -0.4 is 9.47 Å². The van der Waals surface area contributed by atoms with Crippen LogP contribution in [0.1, 0.15) is 27.7 Å². The summed E-state index contributed by atoms with van der Waals surface area (Å²) in [5.41, 5.74) is 2.27. The zero-order valence-corrected chi connectivity index (χ0v) is 17.6. The molecule has 0 aliphatic carbocycles. The largest absolute Gasteiger partial charge is 0.493 e. The number of fused-ring (bicyclic) bond motifs is 1. The first kappa shape index (κ1) is 21.3. The predicted molar refractivity (Wildman–Crippen MR) is 107 cm³/mol. The first-order valence-corrected chi connectivity index (χ1v) is 9.23. The number of hydrogen-bond acceptors (Lipinski definition) is 4. The molecular formula is C18H23BrClN3O2. The second kappa shape index (κ2) is 10.3. The lowest BCUT2D eigenvalue weighted by atomic mass is 10.1. The maximum absolute atomic E-state index is 6.24. The molecule has 136 valence electrons. The van der Waals surface area contributed by atoms with Crippen molar-refractivity contribution in [2.24, 2.45) is 0 Å². The average molecular weight is 429 g/mol. The van der Waals surface area contributed by atoms with Gasteiger partial charge < -0.3 is 9.47 Å². The Bertz CT molecular complexity index is 821. The van der Waals surface area contributed by atoms with Crippen molar-refractivity contribution < 1.29 is 9.47 Å². The van der Waals surface area contributed by atoms with E-state index in [1.54, 1.807) is 31.0 Å². The smallest absolute Gasteiger partial charge is 0.171 e. The lowest BCUT2D eigenvalue weighted by molar-refractivity contribution is 0.355. The van der Waals surface area contributed by atoms with E-state index in [0.717, 1.165) is 15.7 Å². The van der Waals surface area contributed by atoms with Crippen LogP contribution in [0.2, 0.25) is 5.15 Å². The molecule has 2 aromatic heterocycles. The van der Waals surface area contributed by atoms with Crippen LogP contribution in [0, 0.1) is 0 Å². The number of halogens is 2. The fraction of sp³-hybridized carbons (Fsp3) is 0.333. The summed E-state index contributed by atoms with van der Waals surface area (Å²) in [5, 5.41) is 4.63. The minimum atomic E-state index is 0.482. The standard InChI is InChI=1S/C14H11BrClN3O2.2C2H6/c1-20-11-4-3-8(5-12(11)21-2)10-6-13(16)19-14(18-10)9(15)7-17-19;2*1-2/h3-7H,1-2H3;2*1-2H3. The van der Waals surface area contributed by atoms with Crippen molar-refractivity contribution in [1.29, 1.82) is 0 Å². The third-order valence-electron chi connectivity index (χ3n) is 3.06. The summed E-state index contributed by atoms with van der Waals surface area (Å²) in [5.74, 6) is 1.30. The van der Waals surface area contributed by atoms with Crippen LogP contribution in [0.4, 0.5) is 0 Å². The molecule has 0 fully saturated rings. The summed E-state index contributed by atoms with van der Waals surface area (Å²) in [6.45, 7) is 8.00. The molecule has 3 rings (SSSR count). The van der Waals surface area contributed by atoms with Crippen LogP contribution in [0.5, 0.6) is 11.5 Å². The summed E-state index contributed by atoms with van der Waals surface area (Å²) in [7, 11) is 3.20. The third kappa shape index (κ3) is 4.64. The summed E-state index contributed by atoms with van der Waals surface area (Å²) in [4.78, 5) is 4.57. The summed E-state index contributed by atoms with van der Waals surface area (Å²) in [6, 6.07) is 7.35. The molecule has 1 aromatic carbocycles. The average Bonchev–Trinajstić information content (AvgIpc) is 3.06. The Hall–Kier alpha value is -1.79. The number of aromatic nitrogens is 3. The van der Waals surface area contributed by atoms with Gasteiger partial charge in [0, 0.05) is 11.6 Å². The van der Waals surface area contributed by atoms with Crippen molar-refractivity contribution in [2.45, 2.75) is 27.7 Å². The molecule has 3 aromatic rings. The lowest BCUT2D eigenvalue weighted by Crippen LogP contribution is -1.96. The Morgan fingerprint density at radius 3 is 2.24 bits per heavy atom. The van der Waals surface area contributed by atoms with Crippen LogP contribution in [0.3, 0.4) is 0 Å². The minimum Gasteiger partial charge on any atom is -0.493 e. The van der Waals surface area contributed by atoms with Gasteiger partial charge in [0.2, 0.25) is 0 Å². The van der Waals surface area contributed by atoms with Crippen molar-refractivity contribution in [3.8, 4) is 22.8 Å². The Balaban J connectivity index is 0.000000730. The second-order valence-electron chi connectivity index (χ2n) is 4.26. The van der Waals surface area contributed by atoms with Gasteiger partial charge in [-0.3, -0.25) is 0 Å². The first-order valence-electron chi connectivity index (χ1n) is 8.06. The van der Waals surface area contributed by atoms with E-state index in [-0.39, 0.29) is 0 Å². The van der Waals surface area contributed by atoms with Crippen molar-refractivity contribution in [1.82, 2.24) is 14.6 Å². The number of methoxy groups -OCH3 is 2. The van der Waals surface area contributed by atoms with Crippen LogP contribution in [-0.4, -0.2) is 28.8 Å². The quantitative estimate of drug-likeness (QED) is 0.489. The van der Waals surface area contributed by atoms with Gasteiger partial charge in [-0.2, -0.15) is 5.10 Å². The molecule has 0 saturated heterocycles. The van der Waals surface area contributed by atoms with Gasteiger partial charge in [-0.15, -0.1) is 0 Å². The van der Waals surface area contributed by atoms with E-state index in [0.29, 0.717) is 22.3 Å². The molecule has 0 aliphatic rings. The Labute approximate surface area is 162 Å². The lowest BCUT2D eigenvalue weighted by Gasteiger charge is -2.10. The Kier molecular flexibility index (Phi) is 8.72. The number of nitrogens with zero attached hydrogens (tertiary/aromatic N) is 3. The van der Waals surface area contributed by atoms with Gasteiger partial charge in [-0.25, -0.2) is 9.50 Å². The molecular weight excluding hydrogens is 406 g/mol. The zero-order chi connectivity index (χ0) is 19.0. The summed E-state index contributed by atoms with van der Waals surface area (Å²) < 4.78 is 12.9. The highest BCUT2D eigenvalue weighted by atomic mass is 79.9. The van der Waals surface area contributed by atoms with Crippen molar-refractivity contribution in [2.75, 3.05) is 14.2 Å². The normalized spacial score (nSPS) is 9.60. The van der Waals surface area contributed by atoms with Gasteiger partial charge >= 0.3 is 0 Å². The molecule has 0 N–H and O–H groups in total.